The molecule has 3 aliphatic carbocycles. The Hall–Kier alpha value is -0.260. The molecule has 7 atom stereocenters. The molecule has 3 rings (SSSR count). The van der Waals surface area contributed by atoms with E-state index in [2.05, 4.69) is 41.5 Å². The average Bonchev–Trinajstić information content (AvgIpc) is 3.35. The van der Waals surface area contributed by atoms with Crippen molar-refractivity contribution in [2.45, 2.75) is 80.1 Å². The van der Waals surface area contributed by atoms with Crippen LogP contribution >= 0.6 is 0 Å². The van der Waals surface area contributed by atoms with E-state index >= 15 is 0 Å². The highest BCUT2D eigenvalue weighted by molar-refractivity contribution is 5.37. The molecule has 0 bridgehead atoms. The number of hydrogen-bond donors (Lipinski definition) is 0. The summed E-state index contributed by atoms with van der Waals surface area (Å²) in [5.41, 5.74) is 4.38. The lowest BCUT2D eigenvalue weighted by Gasteiger charge is -2.36. The normalized spacial score (nSPS) is 46.3. The SMILES string of the molecule is CCCCC1=C(C(C)C2CC(C)C3C(C2C)C3(C)CC)C1. The third-order valence-electron chi connectivity index (χ3n) is 7.82. The quantitative estimate of drug-likeness (QED) is 0.491. The fraction of sp³-hybridized carbons (Fsp3) is 0.905. The van der Waals surface area contributed by atoms with Gasteiger partial charge in [-0.25, -0.2) is 0 Å². The lowest BCUT2D eigenvalue weighted by molar-refractivity contribution is 0.151. The highest BCUT2D eigenvalue weighted by atomic mass is 14.7. The maximum atomic E-state index is 2.58. The highest BCUT2D eigenvalue weighted by Crippen LogP contribution is 2.72. The van der Waals surface area contributed by atoms with Crippen molar-refractivity contribution < 1.29 is 0 Å². The Kier molecular flexibility index (Phi) is 4.04. The van der Waals surface area contributed by atoms with Gasteiger partial charge >= 0.3 is 0 Å². The Morgan fingerprint density at radius 3 is 2.52 bits per heavy atom. The van der Waals surface area contributed by atoms with Crippen molar-refractivity contribution in [3.8, 4) is 0 Å². The minimum atomic E-state index is 0.677. The van der Waals surface area contributed by atoms with E-state index in [9.17, 15) is 0 Å². The van der Waals surface area contributed by atoms with Crippen LogP contribution in [-0.4, -0.2) is 0 Å². The summed E-state index contributed by atoms with van der Waals surface area (Å²) < 4.78 is 0. The molecular weight excluding hydrogens is 252 g/mol. The smallest absolute Gasteiger partial charge is 0.01000 e. The van der Waals surface area contributed by atoms with Crippen molar-refractivity contribution in [3.05, 3.63) is 11.1 Å². The van der Waals surface area contributed by atoms with Gasteiger partial charge in [0.15, 0.2) is 0 Å². The van der Waals surface area contributed by atoms with Gasteiger partial charge in [-0.05, 0) is 66.6 Å². The zero-order valence-electron chi connectivity index (χ0n) is 15.2. The van der Waals surface area contributed by atoms with Crippen LogP contribution in [0.4, 0.5) is 0 Å². The molecule has 0 N–H and O–H groups in total. The fourth-order valence-electron chi connectivity index (χ4n) is 6.32. The van der Waals surface area contributed by atoms with Crippen LogP contribution in [0, 0.1) is 40.9 Å². The molecule has 0 nitrogen and oxygen atoms in total. The van der Waals surface area contributed by atoms with E-state index in [1.807, 2.05) is 11.1 Å². The van der Waals surface area contributed by atoms with Gasteiger partial charge in [-0.2, -0.15) is 0 Å². The van der Waals surface area contributed by atoms with E-state index in [1.165, 1.54) is 38.5 Å². The van der Waals surface area contributed by atoms with Gasteiger partial charge < -0.3 is 0 Å². The van der Waals surface area contributed by atoms with E-state index < -0.39 is 0 Å². The molecule has 2 fully saturated rings. The Labute approximate surface area is 132 Å². The van der Waals surface area contributed by atoms with Crippen LogP contribution in [0.15, 0.2) is 11.1 Å². The first-order valence-electron chi connectivity index (χ1n) is 9.66. The van der Waals surface area contributed by atoms with Gasteiger partial charge in [0.2, 0.25) is 0 Å². The maximum absolute atomic E-state index is 2.58. The molecule has 21 heavy (non-hydrogen) atoms. The Balaban J connectivity index is 1.68. The van der Waals surface area contributed by atoms with Crippen LogP contribution in [0.5, 0.6) is 0 Å². The van der Waals surface area contributed by atoms with E-state index in [0.29, 0.717) is 5.41 Å². The summed E-state index contributed by atoms with van der Waals surface area (Å²) in [6.45, 7) is 15.0. The van der Waals surface area contributed by atoms with Crippen LogP contribution in [0.2, 0.25) is 0 Å². The number of fused-ring (bicyclic) bond motifs is 1. The van der Waals surface area contributed by atoms with Crippen molar-refractivity contribution >= 4 is 0 Å². The second-order valence-electron chi connectivity index (χ2n) is 8.84. The van der Waals surface area contributed by atoms with Crippen LogP contribution < -0.4 is 0 Å². The monoisotopic (exact) mass is 288 g/mol. The van der Waals surface area contributed by atoms with Crippen LogP contribution in [-0.2, 0) is 0 Å². The predicted octanol–water partition coefficient (Wildman–Crippen LogP) is 6.47. The third-order valence-corrected chi connectivity index (χ3v) is 7.82. The highest BCUT2D eigenvalue weighted by Gasteiger charge is 2.66. The molecule has 0 heterocycles. The maximum Gasteiger partial charge on any atom is -0.01000 e. The molecule has 0 aromatic rings. The molecule has 0 aliphatic heterocycles. The summed E-state index contributed by atoms with van der Waals surface area (Å²) >= 11 is 0. The molecule has 0 heteroatoms. The summed E-state index contributed by atoms with van der Waals surface area (Å²) in [5.74, 6) is 5.81. The zero-order chi connectivity index (χ0) is 15.4. The van der Waals surface area contributed by atoms with Crippen molar-refractivity contribution in [2.24, 2.45) is 40.9 Å². The lowest BCUT2D eigenvalue weighted by atomic mass is 9.69. The number of allylic oxidation sites excluding steroid dienone is 2. The average molecular weight is 289 g/mol. The van der Waals surface area contributed by atoms with Gasteiger partial charge in [0.1, 0.15) is 0 Å². The minimum Gasteiger partial charge on any atom is -0.0663 e. The fourth-order valence-corrected chi connectivity index (χ4v) is 6.32. The van der Waals surface area contributed by atoms with E-state index in [0.717, 1.165) is 35.5 Å². The van der Waals surface area contributed by atoms with Crippen molar-refractivity contribution in [1.29, 1.82) is 0 Å². The molecule has 0 amide bonds. The number of hydrogen-bond acceptors (Lipinski definition) is 0. The third kappa shape index (κ3) is 2.41. The largest absolute Gasteiger partial charge is 0.0663 e. The molecule has 0 aromatic carbocycles. The first-order chi connectivity index (χ1) is 9.95. The Morgan fingerprint density at radius 2 is 1.90 bits per heavy atom. The first-order valence-corrected chi connectivity index (χ1v) is 9.66. The molecule has 0 spiro atoms. The topological polar surface area (TPSA) is 0 Å². The lowest BCUT2D eigenvalue weighted by Crippen LogP contribution is -2.29. The summed E-state index contributed by atoms with van der Waals surface area (Å²) in [7, 11) is 0. The minimum absolute atomic E-state index is 0.677. The number of rotatable bonds is 6. The molecule has 7 unspecified atom stereocenters. The summed E-state index contributed by atoms with van der Waals surface area (Å²) in [4.78, 5) is 0. The van der Waals surface area contributed by atoms with Crippen LogP contribution in [0.1, 0.15) is 80.1 Å². The molecule has 0 radical (unpaired) electrons. The van der Waals surface area contributed by atoms with E-state index in [4.69, 9.17) is 0 Å². The Bertz CT molecular complexity index is 431. The van der Waals surface area contributed by atoms with Crippen LogP contribution in [0.3, 0.4) is 0 Å². The molecule has 2 saturated carbocycles. The summed E-state index contributed by atoms with van der Waals surface area (Å²) in [6.07, 6.45) is 8.41. The predicted molar refractivity (Wildman–Crippen MR) is 92.1 cm³/mol. The molecule has 0 saturated heterocycles. The van der Waals surface area contributed by atoms with Gasteiger partial charge in [0.05, 0.1) is 0 Å². The summed E-state index contributed by atoms with van der Waals surface area (Å²) in [5, 5.41) is 0. The summed E-state index contributed by atoms with van der Waals surface area (Å²) in [6, 6.07) is 0. The molecule has 120 valence electrons. The van der Waals surface area contributed by atoms with Gasteiger partial charge in [-0.1, -0.05) is 65.5 Å². The molecule has 3 aliphatic rings. The second kappa shape index (κ2) is 5.43. The number of unbranched alkanes of at least 4 members (excludes halogenated alkanes) is 1. The first kappa shape index (κ1) is 15.6. The zero-order valence-corrected chi connectivity index (χ0v) is 15.2. The van der Waals surface area contributed by atoms with E-state index in [1.54, 1.807) is 0 Å². The van der Waals surface area contributed by atoms with Gasteiger partial charge in [0.25, 0.3) is 0 Å². The molecular formula is C21H36. The van der Waals surface area contributed by atoms with Gasteiger partial charge in [-0.3, -0.25) is 0 Å². The van der Waals surface area contributed by atoms with Crippen molar-refractivity contribution in [3.63, 3.8) is 0 Å². The van der Waals surface area contributed by atoms with Crippen molar-refractivity contribution in [1.82, 2.24) is 0 Å². The van der Waals surface area contributed by atoms with Gasteiger partial charge in [0, 0.05) is 0 Å². The Morgan fingerprint density at radius 1 is 1.19 bits per heavy atom. The van der Waals surface area contributed by atoms with Gasteiger partial charge in [-0.15, -0.1) is 0 Å². The molecule has 0 aromatic heterocycles. The standard InChI is InChI=1S/C21H36/c1-7-9-10-16-12-18(16)14(4)17-11-13(3)19-20(15(17)5)21(19,6)8-2/h13-15,17,19-20H,7-12H2,1-6H3. The van der Waals surface area contributed by atoms with E-state index in [-0.39, 0.29) is 0 Å². The van der Waals surface area contributed by atoms with Crippen molar-refractivity contribution in [2.75, 3.05) is 0 Å². The second-order valence-corrected chi connectivity index (χ2v) is 8.84. The van der Waals surface area contributed by atoms with Crippen LogP contribution in [0.25, 0.3) is 0 Å².